The van der Waals surface area contributed by atoms with Crippen LogP contribution < -0.4 is 11.1 Å². The molecule has 2 unspecified atom stereocenters. The van der Waals surface area contributed by atoms with Gasteiger partial charge < -0.3 is 15.8 Å². The van der Waals surface area contributed by atoms with E-state index in [4.69, 9.17) is 22.1 Å². The summed E-state index contributed by atoms with van der Waals surface area (Å²) in [7, 11) is 0. The summed E-state index contributed by atoms with van der Waals surface area (Å²) >= 11 is 5.74. The van der Waals surface area contributed by atoms with E-state index in [9.17, 15) is 0 Å². The Bertz CT molecular complexity index is 400. The minimum absolute atomic E-state index is 0.112. The van der Waals surface area contributed by atoms with Gasteiger partial charge in [-0.05, 0) is 31.9 Å². The van der Waals surface area contributed by atoms with Crippen LogP contribution in [0.3, 0.4) is 0 Å². The molecule has 88 valence electrons. The average molecular weight is 243 g/mol. The number of nitrogens with two attached hydrogens (primary N) is 1. The molecule has 2 heterocycles. The van der Waals surface area contributed by atoms with Crippen molar-refractivity contribution >= 4 is 23.1 Å². The molecule has 2 atom stereocenters. The van der Waals surface area contributed by atoms with Crippen LogP contribution in [0.1, 0.15) is 20.3 Å². The summed E-state index contributed by atoms with van der Waals surface area (Å²) < 4.78 is 5.53. The number of aromatic nitrogens is 2. The van der Waals surface area contributed by atoms with Crippen LogP contribution >= 0.6 is 11.6 Å². The van der Waals surface area contributed by atoms with Gasteiger partial charge in [-0.2, -0.15) is 4.98 Å². The van der Waals surface area contributed by atoms with Crippen LogP contribution in [0.4, 0.5) is 11.5 Å². The second kappa shape index (κ2) is 4.07. The Morgan fingerprint density at radius 3 is 3.06 bits per heavy atom. The van der Waals surface area contributed by atoms with Gasteiger partial charge in [0.2, 0.25) is 5.28 Å². The molecule has 3 N–H and O–H groups in total. The number of nitrogens with zero attached hydrogens (tertiary/aromatic N) is 2. The predicted octanol–water partition coefficient (Wildman–Crippen LogP) is 1.69. The first-order chi connectivity index (χ1) is 7.51. The summed E-state index contributed by atoms with van der Waals surface area (Å²) in [5, 5.41) is 3.48. The van der Waals surface area contributed by atoms with Gasteiger partial charge >= 0.3 is 0 Å². The monoisotopic (exact) mass is 242 g/mol. The van der Waals surface area contributed by atoms with E-state index in [1.165, 1.54) is 6.20 Å². The standard InChI is InChI=1S/C10H15ClN4O/c1-6-10(2,3-4-16-6)15-8-7(12)5-13-9(11)14-8/h5-6H,3-4,12H2,1-2H3,(H,13,14,15). The molecule has 1 aliphatic heterocycles. The molecule has 0 spiro atoms. The zero-order chi connectivity index (χ0) is 11.8. The summed E-state index contributed by atoms with van der Waals surface area (Å²) in [4.78, 5) is 7.89. The molecule has 5 nitrogen and oxygen atoms in total. The highest BCUT2D eigenvalue weighted by molar-refractivity contribution is 6.28. The van der Waals surface area contributed by atoms with Gasteiger partial charge in [0.15, 0.2) is 5.82 Å². The molecule has 1 aromatic heterocycles. The molecule has 6 heteroatoms. The highest BCUT2D eigenvalue weighted by Gasteiger charge is 2.37. The number of nitrogens with one attached hydrogen (secondary N) is 1. The summed E-state index contributed by atoms with van der Waals surface area (Å²) in [6.45, 7) is 4.85. The summed E-state index contributed by atoms with van der Waals surface area (Å²) in [5.41, 5.74) is 6.11. The Hall–Kier alpha value is -1.07. The van der Waals surface area contributed by atoms with Crippen molar-refractivity contribution in [1.82, 2.24) is 9.97 Å². The van der Waals surface area contributed by atoms with Crippen molar-refractivity contribution < 1.29 is 4.74 Å². The molecular weight excluding hydrogens is 228 g/mol. The van der Waals surface area contributed by atoms with E-state index >= 15 is 0 Å². The minimum atomic E-state index is -0.161. The molecule has 2 rings (SSSR count). The molecule has 0 aliphatic carbocycles. The van der Waals surface area contributed by atoms with E-state index in [1.807, 2.05) is 6.92 Å². The topological polar surface area (TPSA) is 73.1 Å². The van der Waals surface area contributed by atoms with Gasteiger partial charge in [0.25, 0.3) is 0 Å². The molecule has 1 fully saturated rings. The van der Waals surface area contributed by atoms with E-state index in [2.05, 4.69) is 22.2 Å². The third kappa shape index (κ3) is 2.05. The number of ether oxygens (including phenoxy) is 1. The van der Waals surface area contributed by atoms with E-state index in [-0.39, 0.29) is 16.9 Å². The summed E-state index contributed by atoms with van der Waals surface area (Å²) in [5.74, 6) is 0.569. The van der Waals surface area contributed by atoms with Gasteiger partial charge in [-0.15, -0.1) is 0 Å². The van der Waals surface area contributed by atoms with E-state index in [0.29, 0.717) is 11.5 Å². The van der Waals surface area contributed by atoms with Gasteiger partial charge in [-0.1, -0.05) is 0 Å². The highest BCUT2D eigenvalue weighted by atomic mass is 35.5. The van der Waals surface area contributed by atoms with Gasteiger partial charge in [0.1, 0.15) is 0 Å². The Morgan fingerprint density at radius 1 is 1.69 bits per heavy atom. The number of anilines is 2. The number of hydrogen-bond acceptors (Lipinski definition) is 5. The Kier molecular flexibility index (Phi) is 2.90. The van der Waals surface area contributed by atoms with Gasteiger partial charge in [0.05, 0.1) is 23.5 Å². The molecule has 1 saturated heterocycles. The van der Waals surface area contributed by atoms with Crippen LogP contribution in [0.5, 0.6) is 0 Å². The third-order valence-electron chi connectivity index (χ3n) is 3.08. The summed E-state index contributed by atoms with van der Waals surface area (Å²) in [6.07, 6.45) is 2.53. The van der Waals surface area contributed by atoms with Crippen molar-refractivity contribution in [3.05, 3.63) is 11.5 Å². The van der Waals surface area contributed by atoms with Crippen LogP contribution in [-0.2, 0) is 4.74 Å². The lowest BCUT2D eigenvalue weighted by Gasteiger charge is -2.29. The lowest BCUT2D eigenvalue weighted by molar-refractivity contribution is 0.105. The number of halogens is 1. The van der Waals surface area contributed by atoms with E-state index in [1.54, 1.807) is 0 Å². The maximum atomic E-state index is 5.78. The third-order valence-corrected chi connectivity index (χ3v) is 3.26. The van der Waals surface area contributed by atoms with Crippen molar-refractivity contribution in [2.45, 2.75) is 31.9 Å². The van der Waals surface area contributed by atoms with Crippen LogP contribution in [0.25, 0.3) is 0 Å². The van der Waals surface area contributed by atoms with E-state index in [0.717, 1.165) is 13.0 Å². The first-order valence-electron chi connectivity index (χ1n) is 5.19. The van der Waals surface area contributed by atoms with Crippen molar-refractivity contribution in [2.24, 2.45) is 0 Å². The fourth-order valence-corrected chi connectivity index (χ4v) is 1.87. The first-order valence-corrected chi connectivity index (χ1v) is 5.57. The quantitative estimate of drug-likeness (QED) is 0.773. The van der Waals surface area contributed by atoms with Crippen LogP contribution in [0, 0.1) is 0 Å². The van der Waals surface area contributed by atoms with E-state index < -0.39 is 0 Å². The predicted molar refractivity (Wildman–Crippen MR) is 63.5 cm³/mol. The minimum Gasteiger partial charge on any atom is -0.394 e. The fraction of sp³-hybridized carbons (Fsp3) is 0.600. The molecule has 0 aromatic carbocycles. The largest absolute Gasteiger partial charge is 0.394 e. The molecule has 0 bridgehead atoms. The molecule has 0 saturated carbocycles. The Balaban J connectivity index is 2.23. The zero-order valence-electron chi connectivity index (χ0n) is 9.33. The lowest BCUT2D eigenvalue weighted by atomic mass is 9.95. The molecule has 16 heavy (non-hydrogen) atoms. The molecule has 1 aromatic rings. The SMILES string of the molecule is CC1OCCC1(C)Nc1nc(Cl)ncc1N. The van der Waals surface area contributed by atoms with Crippen molar-refractivity contribution in [3.8, 4) is 0 Å². The lowest BCUT2D eigenvalue weighted by Crippen LogP contribution is -2.41. The first kappa shape index (κ1) is 11.4. The molecular formula is C10H15ClN4O. The van der Waals surface area contributed by atoms with Crippen molar-refractivity contribution in [2.75, 3.05) is 17.7 Å². The molecule has 0 radical (unpaired) electrons. The number of rotatable bonds is 2. The normalized spacial score (nSPS) is 29.3. The number of hydrogen-bond donors (Lipinski definition) is 2. The zero-order valence-corrected chi connectivity index (χ0v) is 10.1. The molecule has 1 aliphatic rings. The second-order valence-electron chi connectivity index (χ2n) is 4.25. The van der Waals surface area contributed by atoms with Crippen molar-refractivity contribution in [3.63, 3.8) is 0 Å². The van der Waals surface area contributed by atoms with Crippen molar-refractivity contribution in [1.29, 1.82) is 0 Å². The average Bonchev–Trinajstić information content (AvgIpc) is 2.53. The second-order valence-corrected chi connectivity index (χ2v) is 4.59. The fourth-order valence-electron chi connectivity index (χ4n) is 1.74. The maximum Gasteiger partial charge on any atom is 0.224 e. The van der Waals surface area contributed by atoms with Gasteiger partial charge in [-0.3, -0.25) is 0 Å². The smallest absolute Gasteiger partial charge is 0.224 e. The Morgan fingerprint density at radius 2 is 2.44 bits per heavy atom. The summed E-state index contributed by atoms with van der Waals surface area (Å²) in [6, 6.07) is 0. The van der Waals surface area contributed by atoms with Crippen LogP contribution in [-0.4, -0.2) is 28.2 Å². The molecule has 0 amide bonds. The Labute approximate surface area is 99.4 Å². The van der Waals surface area contributed by atoms with Crippen LogP contribution in [0.15, 0.2) is 6.20 Å². The van der Waals surface area contributed by atoms with Gasteiger partial charge in [0, 0.05) is 6.61 Å². The maximum absolute atomic E-state index is 5.78. The highest BCUT2D eigenvalue weighted by Crippen LogP contribution is 2.30. The van der Waals surface area contributed by atoms with Crippen LogP contribution in [0.2, 0.25) is 5.28 Å². The number of nitrogen functional groups attached to an aromatic ring is 1. The van der Waals surface area contributed by atoms with Gasteiger partial charge in [-0.25, -0.2) is 4.98 Å².